The molecule has 0 N–H and O–H groups in total. The Labute approximate surface area is 158 Å². The Hall–Kier alpha value is -3.45. The van der Waals surface area contributed by atoms with Gasteiger partial charge in [0.25, 0.3) is 0 Å². The van der Waals surface area contributed by atoms with Gasteiger partial charge in [0.15, 0.2) is 11.5 Å². The molecular weight excluding hydrogens is 356 g/mol. The molecule has 130 valence electrons. The second kappa shape index (κ2) is 6.37. The van der Waals surface area contributed by atoms with Gasteiger partial charge in [-0.2, -0.15) is 9.61 Å². The zero-order chi connectivity index (χ0) is 18.2. The van der Waals surface area contributed by atoms with Crippen molar-refractivity contribution in [2.45, 2.75) is 6.92 Å². The molecule has 7 heteroatoms. The third-order valence-corrected chi connectivity index (χ3v) is 5.11. The molecule has 0 amide bonds. The molecule has 0 spiro atoms. The SMILES string of the molecule is Cc1nc2ncccc2cc1-c1nnc2sc(/C=C/c3ccccc3)nn12. The minimum atomic E-state index is 0.691. The molecule has 6 nitrogen and oxygen atoms in total. The maximum atomic E-state index is 4.67. The summed E-state index contributed by atoms with van der Waals surface area (Å²) in [6.07, 6.45) is 5.78. The van der Waals surface area contributed by atoms with Gasteiger partial charge in [-0.05, 0) is 36.8 Å². The Morgan fingerprint density at radius 1 is 1.00 bits per heavy atom. The molecule has 0 bridgehead atoms. The van der Waals surface area contributed by atoms with E-state index in [1.165, 1.54) is 11.3 Å². The third-order valence-electron chi connectivity index (χ3n) is 4.25. The lowest BCUT2D eigenvalue weighted by Crippen LogP contribution is -1.96. The Balaban J connectivity index is 1.58. The van der Waals surface area contributed by atoms with Crippen LogP contribution in [0.1, 0.15) is 16.3 Å². The molecular formula is C20H14N6S. The van der Waals surface area contributed by atoms with E-state index in [4.69, 9.17) is 0 Å². The van der Waals surface area contributed by atoms with Crippen molar-refractivity contribution >= 4 is 39.5 Å². The number of fused-ring (bicyclic) bond motifs is 2. The summed E-state index contributed by atoms with van der Waals surface area (Å²) < 4.78 is 1.78. The van der Waals surface area contributed by atoms with Crippen LogP contribution >= 0.6 is 11.3 Å². The van der Waals surface area contributed by atoms with Gasteiger partial charge in [0.1, 0.15) is 5.01 Å². The molecule has 4 aromatic heterocycles. The molecule has 0 aliphatic heterocycles. The van der Waals surface area contributed by atoms with Crippen LogP contribution in [0.25, 0.3) is 39.5 Å². The molecule has 27 heavy (non-hydrogen) atoms. The van der Waals surface area contributed by atoms with Crippen molar-refractivity contribution in [2.75, 3.05) is 0 Å². The van der Waals surface area contributed by atoms with Crippen molar-refractivity contribution in [3.8, 4) is 11.4 Å². The van der Waals surface area contributed by atoms with Gasteiger partial charge < -0.3 is 0 Å². The molecule has 0 atom stereocenters. The van der Waals surface area contributed by atoms with E-state index in [2.05, 4.69) is 37.4 Å². The standard InChI is InChI=1S/C20H14N6S/c1-13-16(12-15-8-5-11-21-18(15)22-13)19-23-24-20-26(19)25-17(27-20)10-9-14-6-3-2-4-7-14/h2-12H,1H3/b10-9+. The van der Waals surface area contributed by atoms with E-state index in [0.29, 0.717) is 5.82 Å². The summed E-state index contributed by atoms with van der Waals surface area (Å²) >= 11 is 1.50. The predicted octanol–water partition coefficient (Wildman–Crippen LogP) is 4.27. The zero-order valence-electron chi connectivity index (χ0n) is 14.4. The summed E-state index contributed by atoms with van der Waals surface area (Å²) in [7, 11) is 0. The number of aryl methyl sites for hydroxylation is 1. The van der Waals surface area contributed by atoms with Gasteiger partial charge >= 0.3 is 0 Å². The summed E-state index contributed by atoms with van der Waals surface area (Å²) in [6.45, 7) is 1.95. The average Bonchev–Trinajstić information content (AvgIpc) is 3.27. The van der Waals surface area contributed by atoms with E-state index in [1.807, 2.05) is 55.5 Å². The van der Waals surface area contributed by atoms with Gasteiger partial charge in [0.2, 0.25) is 4.96 Å². The molecule has 0 aliphatic carbocycles. The van der Waals surface area contributed by atoms with Crippen LogP contribution in [0.2, 0.25) is 0 Å². The van der Waals surface area contributed by atoms with Crippen LogP contribution in [0.3, 0.4) is 0 Å². The fourth-order valence-electron chi connectivity index (χ4n) is 2.92. The zero-order valence-corrected chi connectivity index (χ0v) is 15.3. The Morgan fingerprint density at radius 2 is 1.89 bits per heavy atom. The lowest BCUT2D eigenvalue weighted by molar-refractivity contribution is 0.955. The van der Waals surface area contributed by atoms with E-state index in [0.717, 1.165) is 37.8 Å². The fraction of sp³-hybridized carbons (Fsp3) is 0.0500. The first-order valence-corrected chi connectivity index (χ1v) is 9.28. The van der Waals surface area contributed by atoms with Crippen molar-refractivity contribution in [1.82, 2.24) is 29.8 Å². The summed E-state index contributed by atoms with van der Waals surface area (Å²) in [4.78, 5) is 9.65. The monoisotopic (exact) mass is 370 g/mol. The lowest BCUT2D eigenvalue weighted by atomic mass is 10.1. The maximum Gasteiger partial charge on any atom is 0.235 e. The van der Waals surface area contributed by atoms with Crippen LogP contribution in [-0.2, 0) is 0 Å². The quantitative estimate of drug-likeness (QED) is 0.474. The fourth-order valence-corrected chi connectivity index (χ4v) is 3.66. The van der Waals surface area contributed by atoms with Crippen LogP contribution in [0.4, 0.5) is 0 Å². The minimum absolute atomic E-state index is 0.691. The average molecular weight is 370 g/mol. The molecule has 0 saturated heterocycles. The van der Waals surface area contributed by atoms with E-state index >= 15 is 0 Å². The maximum absolute atomic E-state index is 4.67. The second-order valence-corrected chi connectivity index (χ2v) is 7.06. The van der Waals surface area contributed by atoms with Crippen molar-refractivity contribution in [1.29, 1.82) is 0 Å². The summed E-state index contributed by atoms with van der Waals surface area (Å²) in [5.41, 5.74) is 3.62. The molecule has 5 aromatic rings. The lowest BCUT2D eigenvalue weighted by Gasteiger charge is -2.04. The summed E-state index contributed by atoms with van der Waals surface area (Å²) in [5.74, 6) is 0.691. The van der Waals surface area contributed by atoms with Crippen LogP contribution in [0, 0.1) is 6.92 Å². The highest BCUT2D eigenvalue weighted by atomic mass is 32.1. The van der Waals surface area contributed by atoms with Crippen molar-refractivity contribution < 1.29 is 0 Å². The number of hydrogen-bond acceptors (Lipinski definition) is 6. The number of nitrogens with zero attached hydrogens (tertiary/aromatic N) is 6. The number of benzene rings is 1. The minimum Gasteiger partial charge on any atom is -0.237 e. The third kappa shape index (κ3) is 2.88. The molecule has 1 aromatic carbocycles. The van der Waals surface area contributed by atoms with Gasteiger partial charge in [-0.25, -0.2) is 9.97 Å². The van der Waals surface area contributed by atoms with Gasteiger partial charge in [-0.1, -0.05) is 47.7 Å². The first-order chi connectivity index (χ1) is 13.3. The summed E-state index contributed by atoms with van der Waals surface area (Å²) in [5, 5.41) is 15.1. The molecule has 4 heterocycles. The second-order valence-electron chi connectivity index (χ2n) is 6.07. The highest BCUT2D eigenvalue weighted by Crippen LogP contribution is 2.26. The molecule has 0 fully saturated rings. The molecule has 0 radical (unpaired) electrons. The number of hydrogen-bond donors (Lipinski definition) is 0. The summed E-state index contributed by atoms with van der Waals surface area (Å²) in [6, 6.07) is 16.1. The first-order valence-electron chi connectivity index (χ1n) is 8.46. The van der Waals surface area contributed by atoms with Gasteiger partial charge in [0.05, 0.1) is 5.69 Å². The molecule has 5 rings (SSSR count). The van der Waals surface area contributed by atoms with E-state index in [9.17, 15) is 0 Å². The molecule has 0 saturated carbocycles. The largest absolute Gasteiger partial charge is 0.237 e. The Bertz CT molecular complexity index is 1290. The van der Waals surface area contributed by atoms with Gasteiger partial charge in [-0.15, -0.1) is 10.2 Å². The van der Waals surface area contributed by atoms with Crippen LogP contribution in [0.15, 0.2) is 54.7 Å². The topological polar surface area (TPSA) is 68.9 Å². The normalized spacial score (nSPS) is 11.7. The van der Waals surface area contributed by atoms with Crippen LogP contribution in [0.5, 0.6) is 0 Å². The highest BCUT2D eigenvalue weighted by Gasteiger charge is 2.16. The Kier molecular flexibility index (Phi) is 3.72. The van der Waals surface area contributed by atoms with Gasteiger partial charge in [0, 0.05) is 17.1 Å². The van der Waals surface area contributed by atoms with Crippen molar-refractivity contribution in [3.63, 3.8) is 0 Å². The van der Waals surface area contributed by atoms with E-state index < -0.39 is 0 Å². The first kappa shape index (κ1) is 15.8. The number of pyridine rings is 2. The van der Waals surface area contributed by atoms with Gasteiger partial charge in [-0.3, -0.25) is 0 Å². The highest BCUT2D eigenvalue weighted by molar-refractivity contribution is 7.17. The van der Waals surface area contributed by atoms with Crippen molar-refractivity contribution in [3.05, 3.63) is 71.0 Å². The Morgan fingerprint density at radius 3 is 2.78 bits per heavy atom. The van der Waals surface area contributed by atoms with Crippen molar-refractivity contribution in [2.24, 2.45) is 0 Å². The smallest absolute Gasteiger partial charge is 0.235 e. The number of rotatable bonds is 3. The van der Waals surface area contributed by atoms with E-state index in [1.54, 1.807) is 10.7 Å². The molecule has 0 aliphatic rings. The molecule has 0 unspecified atom stereocenters. The van der Waals surface area contributed by atoms with Crippen LogP contribution < -0.4 is 0 Å². The van der Waals surface area contributed by atoms with Crippen LogP contribution in [-0.4, -0.2) is 29.8 Å². The van der Waals surface area contributed by atoms with E-state index in [-0.39, 0.29) is 0 Å². The number of aromatic nitrogens is 6. The predicted molar refractivity (Wildman–Crippen MR) is 107 cm³/mol.